The maximum absolute atomic E-state index is 13.3. The van der Waals surface area contributed by atoms with Crippen LogP contribution in [0, 0.1) is 11.7 Å². The second-order valence-electron chi connectivity index (χ2n) is 5.07. The zero-order valence-corrected chi connectivity index (χ0v) is 13.2. The third kappa shape index (κ3) is 3.40. The van der Waals surface area contributed by atoms with Crippen LogP contribution in [0.25, 0.3) is 5.69 Å². The fraction of sp³-hybridized carbons (Fsp3) is 0.462. The van der Waals surface area contributed by atoms with E-state index < -0.39 is 0 Å². The Kier molecular flexibility index (Phi) is 4.82. The Morgan fingerprint density at radius 2 is 2.10 bits per heavy atom. The number of nitrogens with one attached hydrogen (secondary N) is 1. The van der Waals surface area contributed by atoms with Crippen molar-refractivity contribution in [3.8, 4) is 5.69 Å². The van der Waals surface area contributed by atoms with Crippen molar-refractivity contribution in [3.63, 3.8) is 0 Å². The first-order chi connectivity index (χ1) is 9.49. The summed E-state index contributed by atoms with van der Waals surface area (Å²) in [5.74, 6) is 0.931. The molecule has 0 bridgehead atoms. The monoisotopic (exact) mass is 341 g/mol. The van der Waals surface area contributed by atoms with Gasteiger partial charge < -0.3 is 5.32 Å². The molecule has 2 rings (SSSR count). The van der Waals surface area contributed by atoms with Crippen LogP contribution in [-0.2, 0) is 0 Å². The number of hydrogen-bond acceptors (Lipinski definition) is 4. The first-order valence-electron chi connectivity index (χ1n) is 6.46. The molecule has 0 spiro atoms. The Bertz CT molecular complexity index is 584. The van der Waals surface area contributed by atoms with Gasteiger partial charge in [0.15, 0.2) is 5.82 Å². The Labute approximate surface area is 125 Å². The lowest BCUT2D eigenvalue weighted by atomic mass is 10.2. The van der Waals surface area contributed by atoms with Crippen molar-refractivity contribution < 1.29 is 4.39 Å². The van der Waals surface area contributed by atoms with Crippen molar-refractivity contribution in [2.24, 2.45) is 5.92 Å². The molecule has 0 saturated heterocycles. The first kappa shape index (κ1) is 15.1. The first-order valence-corrected chi connectivity index (χ1v) is 7.25. The molecule has 2 aromatic rings. The van der Waals surface area contributed by atoms with E-state index in [0.29, 0.717) is 16.2 Å². The summed E-state index contributed by atoms with van der Waals surface area (Å²) >= 11 is 3.17. The van der Waals surface area contributed by atoms with E-state index >= 15 is 0 Å². The smallest absolute Gasteiger partial charge is 0.173 e. The molecule has 7 heteroatoms. The molecule has 1 aromatic heterocycles. The summed E-state index contributed by atoms with van der Waals surface area (Å²) in [4.78, 5) is 0. The molecule has 0 fully saturated rings. The molecular formula is C13H17BrFN5. The van der Waals surface area contributed by atoms with Gasteiger partial charge in [-0.3, -0.25) is 0 Å². The molecule has 1 unspecified atom stereocenters. The van der Waals surface area contributed by atoms with Crippen molar-refractivity contribution in [1.29, 1.82) is 0 Å². The summed E-state index contributed by atoms with van der Waals surface area (Å²) in [6.45, 7) is 7.16. The molecule has 1 heterocycles. The van der Waals surface area contributed by atoms with Crippen LogP contribution in [0.3, 0.4) is 0 Å². The quantitative estimate of drug-likeness (QED) is 0.908. The van der Waals surface area contributed by atoms with Gasteiger partial charge in [0.2, 0.25) is 0 Å². The third-order valence-electron chi connectivity index (χ3n) is 2.86. The van der Waals surface area contributed by atoms with Gasteiger partial charge in [-0.15, -0.1) is 5.10 Å². The number of hydrogen-bond donors (Lipinski definition) is 1. The predicted molar refractivity (Wildman–Crippen MR) is 78.1 cm³/mol. The fourth-order valence-corrected chi connectivity index (χ4v) is 2.14. The normalized spacial score (nSPS) is 12.9. The highest BCUT2D eigenvalue weighted by atomic mass is 79.9. The van der Waals surface area contributed by atoms with E-state index in [4.69, 9.17) is 0 Å². The largest absolute Gasteiger partial charge is 0.307 e. The van der Waals surface area contributed by atoms with Crippen molar-refractivity contribution >= 4 is 15.9 Å². The fourth-order valence-electron chi connectivity index (χ4n) is 1.77. The van der Waals surface area contributed by atoms with Gasteiger partial charge >= 0.3 is 0 Å². The molecule has 0 saturated carbocycles. The molecule has 0 radical (unpaired) electrons. The summed E-state index contributed by atoms with van der Waals surface area (Å²) in [5.41, 5.74) is 0.719. The second-order valence-corrected chi connectivity index (χ2v) is 5.93. The standard InChI is InChI=1S/C13H17BrFN5/c1-8(2)7-16-9(3)13-17-18-19-20(13)10-4-5-12(15)11(14)6-10/h4-6,8-9,16H,7H2,1-3H3. The molecule has 108 valence electrons. The van der Waals surface area contributed by atoms with Crippen LogP contribution in [0.4, 0.5) is 4.39 Å². The number of rotatable bonds is 5. The molecule has 0 amide bonds. The Hall–Kier alpha value is -1.34. The number of halogens is 2. The minimum Gasteiger partial charge on any atom is -0.307 e. The molecule has 0 aliphatic rings. The molecule has 5 nitrogen and oxygen atoms in total. The van der Waals surface area contributed by atoms with Gasteiger partial charge in [-0.05, 0) is 63.9 Å². The van der Waals surface area contributed by atoms with Crippen molar-refractivity contribution in [2.45, 2.75) is 26.8 Å². The second kappa shape index (κ2) is 6.41. The summed E-state index contributed by atoms with van der Waals surface area (Å²) in [7, 11) is 0. The summed E-state index contributed by atoms with van der Waals surface area (Å²) in [5, 5.41) is 15.1. The van der Waals surface area contributed by atoms with E-state index in [1.807, 2.05) is 6.92 Å². The lowest BCUT2D eigenvalue weighted by Crippen LogP contribution is -2.25. The predicted octanol–water partition coefficient (Wildman–Crippen LogP) is 2.87. The van der Waals surface area contributed by atoms with Gasteiger partial charge in [0.05, 0.1) is 16.2 Å². The molecule has 1 aromatic carbocycles. The van der Waals surface area contributed by atoms with Gasteiger partial charge in [-0.2, -0.15) is 4.68 Å². The number of benzene rings is 1. The minimum absolute atomic E-state index is 0.0104. The topological polar surface area (TPSA) is 55.6 Å². The van der Waals surface area contributed by atoms with Crippen LogP contribution in [0.1, 0.15) is 32.6 Å². The lowest BCUT2D eigenvalue weighted by molar-refractivity contribution is 0.475. The molecule has 20 heavy (non-hydrogen) atoms. The Morgan fingerprint density at radius 3 is 2.75 bits per heavy atom. The number of tetrazole rings is 1. The zero-order chi connectivity index (χ0) is 14.7. The van der Waals surface area contributed by atoms with Crippen molar-refractivity contribution in [3.05, 3.63) is 34.3 Å². The third-order valence-corrected chi connectivity index (χ3v) is 3.47. The lowest BCUT2D eigenvalue weighted by Gasteiger charge is -2.15. The van der Waals surface area contributed by atoms with E-state index in [9.17, 15) is 4.39 Å². The highest BCUT2D eigenvalue weighted by Gasteiger charge is 2.16. The molecule has 1 N–H and O–H groups in total. The van der Waals surface area contributed by atoms with Crippen molar-refractivity contribution in [1.82, 2.24) is 25.5 Å². The van der Waals surface area contributed by atoms with Gasteiger partial charge in [0.1, 0.15) is 5.82 Å². The maximum Gasteiger partial charge on any atom is 0.173 e. The van der Waals surface area contributed by atoms with Gasteiger partial charge in [-0.25, -0.2) is 4.39 Å². The van der Waals surface area contributed by atoms with E-state index in [-0.39, 0.29) is 11.9 Å². The summed E-state index contributed by atoms with van der Waals surface area (Å²) in [6, 6.07) is 4.70. The minimum atomic E-state index is -0.311. The highest BCUT2D eigenvalue weighted by molar-refractivity contribution is 9.10. The summed E-state index contributed by atoms with van der Waals surface area (Å²) < 4.78 is 15.3. The molecular weight excluding hydrogens is 325 g/mol. The summed E-state index contributed by atoms with van der Waals surface area (Å²) in [6.07, 6.45) is 0. The van der Waals surface area contributed by atoms with Crippen LogP contribution in [-0.4, -0.2) is 26.8 Å². The van der Waals surface area contributed by atoms with Gasteiger partial charge in [0.25, 0.3) is 0 Å². The van der Waals surface area contributed by atoms with Crippen LogP contribution >= 0.6 is 15.9 Å². The van der Waals surface area contributed by atoms with Crippen LogP contribution in [0.5, 0.6) is 0 Å². The van der Waals surface area contributed by atoms with E-state index in [0.717, 1.165) is 12.2 Å². The van der Waals surface area contributed by atoms with Crippen LogP contribution in [0.2, 0.25) is 0 Å². The molecule has 0 aliphatic carbocycles. The SMILES string of the molecule is CC(C)CNC(C)c1nnnn1-c1ccc(F)c(Br)c1. The van der Waals surface area contributed by atoms with Gasteiger partial charge in [0, 0.05) is 0 Å². The Balaban J connectivity index is 2.25. The highest BCUT2D eigenvalue weighted by Crippen LogP contribution is 2.21. The van der Waals surface area contributed by atoms with E-state index in [2.05, 4.69) is 50.6 Å². The van der Waals surface area contributed by atoms with E-state index in [1.165, 1.54) is 6.07 Å². The maximum atomic E-state index is 13.3. The zero-order valence-electron chi connectivity index (χ0n) is 11.6. The van der Waals surface area contributed by atoms with Crippen LogP contribution in [0.15, 0.2) is 22.7 Å². The number of aromatic nitrogens is 4. The van der Waals surface area contributed by atoms with Crippen molar-refractivity contribution in [2.75, 3.05) is 6.54 Å². The molecule has 0 aliphatic heterocycles. The molecule has 1 atom stereocenters. The average molecular weight is 342 g/mol. The number of nitrogens with zero attached hydrogens (tertiary/aromatic N) is 4. The average Bonchev–Trinajstić information content (AvgIpc) is 2.88. The Morgan fingerprint density at radius 1 is 1.35 bits per heavy atom. The van der Waals surface area contributed by atoms with E-state index in [1.54, 1.807) is 16.8 Å². The van der Waals surface area contributed by atoms with Gasteiger partial charge in [-0.1, -0.05) is 13.8 Å². The van der Waals surface area contributed by atoms with Crippen LogP contribution < -0.4 is 5.32 Å².